The Morgan fingerprint density at radius 2 is 2.00 bits per heavy atom. The zero-order chi connectivity index (χ0) is 19.1. The molecule has 26 heavy (non-hydrogen) atoms. The molecule has 9 nitrogen and oxygen atoms in total. The average molecular weight is 379 g/mol. The van der Waals surface area contributed by atoms with Gasteiger partial charge in [-0.25, -0.2) is 4.98 Å². The lowest BCUT2D eigenvalue weighted by molar-refractivity contribution is -0.384. The van der Waals surface area contributed by atoms with Gasteiger partial charge >= 0.3 is 0 Å². The van der Waals surface area contributed by atoms with Crippen LogP contribution in [-0.4, -0.2) is 40.4 Å². The van der Waals surface area contributed by atoms with Crippen LogP contribution in [0.15, 0.2) is 24.3 Å². The van der Waals surface area contributed by atoms with E-state index in [4.69, 9.17) is 11.6 Å². The predicted molar refractivity (Wildman–Crippen MR) is 99.9 cm³/mol. The number of carbonyl (C=O) groups excluding carboxylic acids is 1. The highest BCUT2D eigenvalue weighted by molar-refractivity contribution is 6.34. The van der Waals surface area contributed by atoms with E-state index >= 15 is 0 Å². The van der Waals surface area contributed by atoms with E-state index in [1.807, 2.05) is 13.8 Å². The molecule has 10 heteroatoms. The van der Waals surface area contributed by atoms with E-state index < -0.39 is 10.8 Å². The molecule has 2 aromatic rings. The molecule has 0 aliphatic rings. The summed E-state index contributed by atoms with van der Waals surface area (Å²) in [6, 6.07) is 5.53. The lowest BCUT2D eigenvalue weighted by Crippen LogP contribution is -2.29. The topological polar surface area (TPSA) is 122 Å². The highest BCUT2D eigenvalue weighted by Crippen LogP contribution is 2.22. The minimum atomic E-state index is -0.567. The van der Waals surface area contributed by atoms with E-state index in [1.54, 1.807) is 6.07 Å². The molecule has 0 saturated heterocycles. The molecule has 0 bridgehead atoms. The number of amides is 1. The van der Waals surface area contributed by atoms with Gasteiger partial charge in [0.15, 0.2) is 0 Å². The summed E-state index contributed by atoms with van der Waals surface area (Å²) in [6.07, 6.45) is 0. The Kier molecular flexibility index (Phi) is 6.67. The van der Waals surface area contributed by atoms with Gasteiger partial charge in [0.1, 0.15) is 5.82 Å². The summed E-state index contributed by atoms with van der Waals surface area (Å²) in [5.74, 6) is 0.784. The van der Waals surface area contributed by atoms with Crippen LogP contribution in [0.1, 0.15) is 23.0 Å². The monoisotopic (exact) mass is 378 g/mol. The van der Waals surface area contributed by atoms with Crippen molar-refractivity contribution in [2.24, 2.45) is 0 Å². The first-order valence-corrected chi connectivity index (χ1v) is 8.34. The predicted octanol–water partition coefficient (Wildman–Crippen LogP) is 2.62. The summed E-state index contributed by atoms with van der Waals surface area (Å²) in [5, 5.41) is 19.6. The molecule has 0 aliphatic heterocycles. The minimum Gasteiger partial charge on any atom is -0.368 e. The summed E-state index contributed by atoms with van der Waals surface area (Å²) in [4.78, 5) is 30.8. The van der Waals surface area contributed by atoms with Gasteiger partial charge in [0.05, 0.1) is 15.5 Å². The molecular weight excluding hydrogens is 360 g/mol. The molecule has 0 unspecified atom stereocenters. The maximum Gasteiger partial charge on any atom is 0.270 e. The first kappa shape index (κ1) is 19.4. The van der Waals surface area contributed by atoms with Crippen molar-refractivity contribution in [1.29, 1.82) is 0 Å². The van der Waals surface area contributed by atoms with Gasteiger partial charge in [-0.15, -0.1) is 0 Å². The maximum atomic E-state index is 12.1. The molecule has 0 radical (unpaired) electrons. The van der Waals surface area contributed by atoms with Crippen LogP contribution in [0.25, 0.3) is 0 Å². The van der Waals surface area contributed by atoms with Crippen molar-refractivity contribution in [3.05, 3.63) is 50.7 Å². The normalized spacial score (nSPS) is 10.3. The summed E-state index contributed by atoms with van der Waals surface area (Å²) >= 11 is 5.94. The van der Waals surface area contributed by atoms with Crippen molar-refractivity contribution in [1.82, 2.24) is 15.3 Å². The average Bonchev–Trinajstić information content (AvgIpc) is 2.58. The number of hydrogen-bond donors (Lipinski definition) is 3. The third-order valence-corrected chi connectivity index (χ3v) is 3.63. The van der Waals surface area contributed by atoms with Crippen LogP contribution in [0, 0.1) is 17.0 Å². The number of hydrogen-bond acceptors (Lipinski definition) is 7. The number of nitrogens with zero attached hydrogens (tertiary/aromatic N) is 3. The summed E-state index contributed by atoms with van der Waals surface area (Å²) in [7, 11) is 0. The second-order valence-electron chi connectivity index (χ2n) is 5.35. The third-order valence-electron chi connectivity index (χ3n) is 3.31. The van der Waals surface area contributed by atoms with E-state index in [9.17, 15) is 14.9 Å². The summed E-state index contributed by atoms with van der Waals surface area (Å²) < 4.78 is 0. The largest absolute Gasteiger partial charge is 0.368 e. The molecule has 1 amide bonds. The Hall–Kier alpha value is -2.94. The van der Waals surface area contributed by atoms with Gasteiger partial charge in [-0.05, 0) is 19.9 Å². The Labute approximate surface area is 155 Å². The van der Waals surface area contributed by atoms with Crippen LogP contribution in [0.2, 0.25) is 5.02 Å². The molecular formula is C16H19ClN6O3. The van der Waals surface area contributed by atoms with Crippen molar-refractivity contribution >= 4 is 35.0 Å². The Morgan fingerprint density at radius 1 is 1.23 bits per heavy atom. The second kappa shape index (κ2) is 8.95. The van der Waals surface area contributed by atoms with Crippen LogP contribution >= 0.6 is 11.6 Å². The third kappa shape index (κ3) is 5.28. The standard InChI is InChI=1S/C16H19ClN6O3/c1-3-18-16-21-10(2)8-14(22-16)19-6-7-20-15(24)12-5-4-11(23(25)26)9-13(12)17/h4-5,8-9H,3,6-7H2,1-2H3,(H,20,24)(H2,18,19,21,22). The fraction of sp³-hybridized carbons (Fsp3) is 0.312. The molecule has 0 fully saturated rings. The first-order chi connectivity index (χ1) is 12.4. The summed E-state index contributed by atoms with van der Waals surface area (Å²) in [5.41, 5.74) is 0.841. The number of aryl methyl sites for hydroxylation is 1. The maximum absolute atomic E-state index is 12.1. The van der Waals surface area contributed by atoms with Gasteiger partial charge in [-0.1, -0.05) is 11.6 Å². The van der Waals surface area contributed by atoms with E-state index in [2.05, 4.69) is 25.9 Å². The highest BCUT2D eigenvalue weighted by atomic mass is 35.5. The van der Waals surface area contributed by atoms with Gasteiger partial charge < -0.3 is 16.0 Å². The Balaban J connectivity index is 1.88. The molecule has 0 atom stereocenters. The van der Waals surface area contributed by atoms with Crippen molar-refractivity contribution < 1.29 is 9.72 Å². The number of halogens is 1. The zero-order valence-electron chi connectivity index (χ0n) is 14.4. The lowest BCUT2D eigenvalue weighted by Gasteiger charge is -2.10. The van der Waals surface area contributed by atoms with Crippen LogP contribution in [0.4, 0.5) is 17.5 Å². The molecule has 1 aromatic heterocycles. The molecule has 1 aromatic carbocycles. The van der Waals surface area contributed by atoms with Crippen LogP contribution in [0.3, 0.4) is 0 Å². The lowest BCUT2D eigenvalue weighted by atomic mass is 10.2. The van der Waals surface area contributed by atoms with Crippen LogP contribution in [0.5, 0.6) is 0 Å². The van der Waals surface area contributed by atoms with Crippen molar-refractivity contribution in [3.63, 3.8) is 0 Å². The number of aromatic nitrogens is 2. The Morgan fingerprint density at radius 3 is 2.65 bits per heavy atom. The Bertz CT molecular complexity index is 815. The fourth-order valence-electron chi connectivity index (χ4n) is 2.16. The smallest absolute Gasteiger partial charge is 0.270 e. The first-order valence-electron chi connectivity index (χ1n) is 7.96. The number of anilines is 2. The van der Waals surface area contributed by atoms with E-state index in [0.29, 0.717) is 24.9 Å². The second-order valence-corrected chi connectivity index (χ2v) is 5.76. The number of nitrogens with one attached hydrogen (secondary N) is 3. The molecule has 0 spiro atoms. The summed E-state index contributed by atoms with van der Waals surface area (Å²) in [6.45, 7) is 5.31. The van der Waals surface area contributed by atoms with Gasteiger partial charge in [0.25, 0.3) is 11.6 Å². The molecule has 0 saturated carbocycles. The number of carbonyl (C=O) groups is 1. The molecule has 2 rings (SSSR count). The van der Waals surface area contributed by atoms with Crippen LogP contribution in [-0.2, 0) is 0 Å². The zero-order valence-corrected chi connectivity index (χ0v) is 15.1. The van der Waals surface area contributed by atoms with Gasteiger partial charge in [0.2, 0.25) is 5.95 Å². The number of rotatable bonds is 8. The number of nitro groups is 1. The SMILES string of the molecule is CCNc1nc(C)cc(NCCNC(=O)c2ccc([N+](=O)[O-])cc2Cl)n1. The van der Waals surface area contributed by atoms with Crippen molar-refractivity contribution in [2.45, 2.75) is 13.8 Å². The number of benzene rings is 1. The van der Waals surface area contributed by atoms with E-state index in [1.165, 1.54) is 12.1 Å². The molecule has 1 heterocycles. The van der Waals surface area contributed by atoms with E-state index in [0.717, 1.165) is 18.3 Å². The number of nitro benzene ring substituents is 1. The van der Waals surface area contributed by atoms with Crippen molar-refractivity contribution in [3.8, 4) is 0 Å². The van der Waals surface area contributed by atoms with Gasteiger partial charge in [-0.3, -0.25) is 14.9 Å². The molecule has 138 valence electrons. The fourth-order valence-corrected chi connectivity index (χ4v) is 2.42. The van der Waals surface area contributed by atoms with E-state index in [-0.39, 0.29) is 16.3 Å². The van der Waals surface area contributed by atoms with Crippen LogP contribution < -0.4 is 16.0 Å². The molecule has 0 aliphatic carbocycles. The number of non-ortho nitro benzene ring substituents is 1. The van der Waals surface area contributed by atoms with Gasteiger partial charge in [-0.2, -0.15) is 4.98 Å². The van der Waals surface area contributed by atoms with Crippen molar-refractivity contribution in [2.75, 3.05) is 30.3 Å². The van der Waals surface area contributed by atoms with Gasteiger partial charge in [0, 0.05) is 43.5 Å². The quantitative estimate of drug-likeness (QED) is 0.366. The molecule has 3 N–H and O–H groups in total. The highest BCUT2D eigenvalue weighted by Gasteiger charge is 2.14. The minimum absolute atomic E-state index is 0.0337.